The molecule has 0 radical (unpaired) electrons. The number of carbonyl (C=O) groups excluding carboxylic acids is 1. The van der Waals surface area contributed by atoms with Crippen molar-refractivity contribution in [3.63, 3.8) is 0 Å². The molecular formula is C8H12N4O. The molecule has 1 fully saturated rings. The molecule has 0 aromatic carbocycles. The number of anilines is 1. The van der Waals surface area contributed by atoms with Crippen molar-refractivity contribution < 1.29 is 4.79 Å². The number of aryl methyl sites for hydroxylation is 1. The van der Waals surface area contributed by atoms with Crippen molar-refractivity contribution in [1.29, 1.82) is 0 Å². The van der Waals surface area contributed by atoms with E-state index < -0.39 is 5.54 Å². The molecule has 0 unspecified atom stereocenters. The number of hydrogen-bond donors (Lipinski definition) is 3. The SMILES string of the molecule is Cc1cn[nH]c1NC(=O)C1(N)CC1. The van der Waals surface area contributed by atoms with Gasteiger partial charge in [0.05, 0.1) is 11.7 Å². The summed E-state index contributed by atoms with van der Waals surface area (Å²) in [6, 6.07) is 0. The lowest BCUT2D eigenvalue weighted by atomic mass is 10.2. The number of hydrogen-bond acceptors (Lipinski definition) is 3. The number of nitrogens with zero attached hydrogens (tertiary/aromatic N) is 1. The summed E-state index contributed by atoms with van der Waals surface area (Å²) in [6.45, 7) is 1.87. The van der Waals surface area contributed by atoms with Crippen molar-refractivity contribution in [3.05, 3.63) is 11.8 Å². The Kier molecular flexibility index (Phi) is 1.63. The van der Waals surface area contributed by atoms with Crippen molar-refractivity contribution in [2.45, 2.75) is 25.3 Å². The van der Waals surface area contributed by atoms with E-state index in [1.165, 1.54) is 0 Å². The van der Waals surface area contributed by atoms with Crippen LogP contribution in [0.4, 0.5) is 5.82 Å². The van der Waals surface area contributed by atoms with Crippen LogP contribution >= 0.6 is 0 Å². The highest BCUT2D eigenvalue weighted by atomic mass is 16.2. The van der Waals surface area contributed by atoms with Crippen molar-refractivity contribution in [2.75, 3.05) is 5.32 Å². The number of carbonyl (C=O) groups is 1. The molecule has 70 valence electrons. The molecule has 0 bridgehead atoms. The van der Waals surface area contributed by atoms with E-state index in [4.69, 9.17) is 5.73 Å². The molecule has 4 N–H and O–H groups in total. The van der Waals surface area contributed by atoms with Gasteiger partial charge in [-0.05, 0) is 19.8 Å². The van der Waals surface area contributed by atoms with Crippen molar-refractivity contribution in [3.8, 4) is 0 Å². The number of rotatable bonds is 2. The zero-order valence-corrected chi connectivity index (χ0v) is 7.42. The molecule has 0 atom stereocenters. The van der Waals surface area contributed by atoms with Crippen LogP contribution in [-0.2, 0) is 4.79 Å². The normalized spacial score (nSPS) is 18.3. The van der Waals surface area contributed by atoms with E-state index in [-0.39, 0.29) is 5.91 Å². The van der Waals surface area contributed by atoms with Crippen LogP contribution in [0.1, 0.15) is 18.4 Å². The van der Waals surface area contributed by atoms with E-state index in [0.717, 1.165) is 18.4 Å². The Hall–Kier alpha value is -1.36. The highest BCUT2D eigenvalue weighted by Gasteiger charge is 2.46. The number of H-pyrrole nitrogens is 1. The minimum Gasteiger partial charge on any atom is -0.317 e. The smallest absolute Gasteiger partial charge is 0.245 e. The Labute approximate surface area is 75.7 Å². The maximum atomic E-state index is 11.5. The molecular weight excluding hydrogens is 168 g/mol. The molecule has 5 heteroatoms. The third kappa shape index (κ3) is 1.42. The molecule has 13 heavy (non-hydrogen) atoms. The standard InChI is InChI=1S/C8H12N4O/c1-5-4-10-12-6(5)11-7(13)8(9)2-3-8/h4H,2-3,9H2,1H3,(H2,10,11,12,13). The molecule has 0 saturated heterocycles. The van der Waals surface area contributed by atoms with Crippen molar-refractivity contribution in [1.82, 2.24) is 10.2 Å². The van der Waals surface area contributed by atoms with Crippen LogP contribution < -0.4 is 11.1 Å². The van der Waals surface area contributed by atoms with Crippen LogP contribution in [0.3, 0.4) is 0 Å². The fourth-order valence-electron chi connectivity index (χ4n) is 1.07. The zero-order valence-electron chi connectivity index (χ0n) is 7.42. The molecule has 1 amide bonds. The summed E-state index contributed by atoms with van der Waals surface area (Å²) in [4.78, 5) is 11.5. The summed E-state index contributed by atoms with van der Waals surface area (Å²) in [5.74, 6) is 0.515. The zero-order chi connectivity index (χ0) is 9.47. The molecule has 0 spiro atoms. The molecule has 1 saturated carbocycles. The minimum absolute atomic E-state index is 0.125. The van der Waals surface area contributed by atoms with Crippen LogP contribution in [0.15, 0.2) is 6.20 Å². The van der Waals surface area contributed by atoms with Gasteiger partial charge in [-0.3, -0.25) is 9.89 Å². The predicted octanol–water partition coefficient (Wildman–Crippen LogP) is 0.148. The largest absolute Gasteiger partial charge is 0.317 e. The number of nitrogens with one attached hydrogen (secondary N) is 2. The van der Waals surface area contributed by atoms with Gasteiger partial charge in [-0.25, -0.2) is 0 Å². The minimum atomic E-state index is -0.627. The van der Waals surface area contributed by atoms with Gasteiger partial charge < -0.3 is 11.1 Å². The van der Waals surface area contributed by atoms with Gasteiger partial charge in [-0.2, -0.15) is 5.10 Å². The summed E-state index contributed by atoms with van der Waals surface area (Å²) in [5, 5.41) is 9.21. The number of aromatic nitrogens is 2. The topological polar surface area (TPSA) is 83.8 Å². The maximum Gasteiger partial charge on any atom is 0.245 e. The summed E-state index contributed by atoms with van der Waals surface area (Å²) in [6.07, 6.45) is 3.20. The Balaban J connectivity index is 2.06. The van der Waals surface area contributed by atoms with Crippen molar-refractivity contribution in [2.24, 2.45) is 5.73 Å². The quantitative estimate of drug-likeness (QED) is 0.605. The first-order valence-electron chi connectivity index (χ1n) is 4.22. The molecule has 2 rings (SSSR count). The first kappa shape index (κ1) is 8.25. The van der Waals surface area contributed by atoms with Crippen molar-refractivity contribution >= 4 is 11.7 Å². The lowest BCUT2D eigenvalue weighted by Crippen LogP contribution is -2.38. The number of amides is 1. The van der Waals surface area contributed by atoms with E-state index in [9.17, 15) is 4.79 Å². The van der Waals surface area contributed by atoms with Gasteiger partial charge in [-0.1, -0.05) is 0 Å². The van der Waals surface area contributed by atoms with Gasteiger partial charge in [0, 0.05) is 5.56 Å². The number of nitrogens with two attached hydrogens (primary N) is 1. The second kappa shape index (κ2) is 2.56. The average Bonchev–Trinajstić information content (AvgIpc) is 2.72. The van der Waals surface area contributed by atoms with Gasteiger partial charge in [0.15, 0.2) is 0 Å². The molecule has 1 aromatic heterocycles. The van der Waals surface area contributed by atoms with E-state index in [1.807, 2.05) is 6.92 Å². The molecule has 1 aliphatic carbocycles. The van der Waals surface area contributed by atoms with Crippen LogP contribution in [0.2, 0.25) is 0 Å². The molecule has 1 aliphatic rings. The Morgan fingerprint density at radius 1 is 1.77 bits per heavy atom. The Morgan fingerprint density at radius 3 is 2.92 bits per heavy atom. The monoisotopic (exact) mass is 180 g/mol. The van der Waals surface area contributed by atoms with E-state index in [1.54, 1.807) is 6.20 Å². The highest BCUT2D eigenvalue weighted by molar-refractivity contribution is 5.99. The van der Waals surface area contributed by atoms with Crippen LogP contribution in [0, 0.1) is 6.92 Å². The lowest BCUT2D eigenvalue weighted by Gasteiger charge is -2.08. The highest BCUT2D eigenvalue weighted by Crippen LogP contribution is 2.33. The summed E-state index contributed by atoms with van der Waals surface area (Å²) in [7, 11) is 0. The lowest BCUT2D eigenvalue weighted by molar-refractivity contribution is -0.118. The van der Waals surface area contributed by atoms with Crippen LogP contribution in [0.5, 0.6) is 0 Å². The molecule has 1 aromatic rings. The fourth-order valence-corrected chi connectivity index (χ4v) is 1.07. The summed E-state index contributed by atoms with van der Waals surface area (Å²) >= 11 is 0. The first-order valence-corrected chi connectivity index (χ1v) is 4.22. The predicted molar refractivity (Wildman–Crippen MR) is 48.1 cm³/mol. The van der Waals surface area contributed by atoms with Gasteiger partial charge in [0.1, 0.15) is 5.82 Å². The van der Waals surface area contributed by atoms with E-state index >= 15 is 0 Å². The first-order chi connectivity index (χ1) is 6.12. The summed E-state index contributed by atoms with van der Waals surface area (Å²) in [5.41, 5.74) is 6.00. The molecule has 1 heterocycles. The van der Waals surface area contributed by atoms with Gasteiger partial charge >= 0.3 is 0 Å². The van der Waals surface area contributed by atoms with Gasteiger partial charge in [-0.15, -0.1) is 0 Å². The summed E-state index contributed by atoms with van der Waals surface area (Å²) < 4.78 is 0. The van der Waals surface area contributed by atoms with Crippen LogP contribution in [0.25, 0.3) is 0 Å². The average molecular weight is 180 g/mol. The Morgan fingerprint density at radius 2 is 2.46 bits per heavy atom. The molecule has 0 aliphatic heterocycles. The molecule has 5 nitrogen and oxygen atoms in total. The third-order valence-corrected chi connectivity index (χ3v) is 2.31. The second-order valence-electron chi connectivity index (χ2n) is 3.54. The third-order valence-electron chi connectivity index (χ3n) is 2.31. The van der Waals surface area contributed by atoms with Crippen LogP contribution in [-0.4, -0.2) is 21.6 Å². The fraction of sp³-hybridized carbons (Fsp3) is 0.500. The van der Waals surface area contributed by atoms with E-state index in [0.29, 0.717) is 5.82 Å². The Bertz CT molecular complexity index is 340. The van der Waals surface area contributed by atoms with Gasteiger partial charge in [0.2, 0.25) is 5.91 Å². The van der Waals surface area contributed by atoms with E-state index in [2.05, 4.69) is 15.5 Å². The van der Waals surface area contributed by atoms with Gasteiger partial charge in [0.25, 0.3) is 0 Å². The maximum absolute atomic E-state index is 11.5. The second-order valence-corrected chi connectivity index (χ2v) is 3.54. The number of aromatic amines is 1.